The number of rotatable bonds is 7. The van der Waals surface area contributed by atoms with Crippen molar-refractivity contribution >= 4 is 15.9 Å². The molecule has 110 valence electrons. The summed E-state index contributed by atoms with van der Waals surface area (Å²) in [6.07, 6.45) is 6.49. The molecule has 0 saturated heterocycles. The highest BCUT2D eigenvalue weighted by molar-refractivity contribution is 9.10. The lowest BCUT2D eigenvalue weighted by Gasteiger charge is -2.17. The molecule has 2 aromatic heterocycles. The molecule has 20 heavy (non-hydrogen) atoms. The molecule has 0 saturated carbocycles. The number of halogens is 1. The summed E-state index contributed by atoms with van der Waals surface area (Å²) in [6.45, 7) is 5.29. The van der Waals surface area contributed by atoms with Gasteiger partial charge in [-0.05, 0) is 41.4 Å². The fraction of sp³-hybridized carbons (Fsp3) is 0.533. The minimum Gasteiger partial charge on any atom is -0.472 e. The van der Waals surface area contributed by atoms with E-state index in [9.17, 15) is 0 Å². The Bertz CT molecular complexity index is 534. The Morgan fingerprint density at radius 2 is 2.25 bits per heavy atom. The standard InChI is InChI=1S/C15H22BrN3O/c1-4-7-17-13(11-6-8-20-10-11)9-14-15(16)12(5-2)18-19(14)3/h6,8,10,13,17H,4-5,7,9H2,1-3H3. The van der Waals surface area contributed by atoms with Crippen molar-refractivity contribution in [3.05, 3.63) is 40.0 Å². The number of nitrogens with zero attached hydrogens (tertiary/aromatic N) is 2. The van der Waals surface area contributed by atoms with Crippen molar-refractivity contribution in [3.63, 3.8) is 0 Å². The van der Waals surface area contributed by atoms with E-state index in [2.05, 4.69) is 40.2 Å². The average Bonchev–Trinajstić information content (AvgIpc) is 3.05. The van der Waals surface area contributed by atoms with Crippen LogP contribution >= 0.6 is 15.9 Å². The van der Waals surface area contributed by atoms with Gasteiger partial charge in [-0.3, -0.25) is 4.68 Å². The Balaban J connectivity index is 2.21. The van der Waals surface area contributed by atoms with Crippen LogP contribution in [0.2, 0.25) is 0 Å². The zero-order chi connectivity index (χ0) is 14.5. The number of hydrogen-bond donors (Lipinski definition) is 1. The van der Waals surface area contributed by atoms with Crippen LogP contribution in [0, 0.1) is 0 Å². The van der Waals surface area contributed by atoms with Crippen LogP contribution < -0.4 is 5.32 Å². The van der Waals surface area contributed by atoms with Crippen LogP contribution in [0.25, 0.3) is 0 Å². The summed E-state index contributed by atoms with van der Waals surface area (Å²) < 4.78 is 8.34. The first-order valence-corrected chi connectivity index (χ1v) is 7.92. The molecular formula is C15H22BrN3O. The van der Waals surface area contributed by atoms with E-state index in [1.165, 1.54) is 11.3 Å². The van der Waals surface area contributed by atoms with Gasteiger partial charge < -0.3 is 9.73 Å². The maximum absolute atomic E-state index is 5.23. The minimum atomic E-state index is 0.255. The molecule has 0 aliphatic rings. The van der Waals surface area contributed by atoms with Gasteiger partial charge in [0.25, 0.3) is 0 Å². The van der Waals surface area contributed by atoms with Crippen molar-refractivity contribution in [2.75, 3.05) is 6.54 Å². The summed E-state index contributed by atoms with van der Waals surface area (Å²) in [6, 6.07) is 2.28. The highest BCUT2D eigenvalue weighted by Crippen LogP contribution is 2.27. The summed E-state index contributed by atoms with van der Waals surface area (Å²) in [5, 5.41) is 8.14. The lowest BCUT2D eigenvalue weighted by atomic mass is 10.0. The summed E-state index contributed by atoms with van der Waals surface area (Å²) >= 11 is 3.69. The molecule has 0 bridgehead atoms. The molecular weight excluding hydrogens is 318 g/mol. The quantitative estimate of drug-likeness (QED) is 0.837. The van der Waals surface area contributed by atoms with Gasteiger partial charge in [0.2, 0.25) is 0 Å². The topological polar surface area (TPSA) is 43.0 Å². The highest BCUT2D eigenvalue weighted by Gasteiger charge is 2.19. The summed E-state index contributed by atoms with van der Waals surface area (Å²) in [4.78, 5) is 0. The Kier molecular flexibility index (Phi) is 5.43. The predicted molar refractivity (Wildman–Crippen MR) is 83.7 cm³/mol. The van der Waals surface area contributed by atoms with Crippen LogP contribution in [0.1, 0.15) is 43.3 Å². The molecule has 2 heterocycles. The molecule has 0 radical (unpaired) electrons. The SMILES string of the molecule is CCCNC(Cc1c(Br)c(CC)nn1C)c1ccoc1. The van der Waals surface area contributed by atoms with E-state index >= 15 is 0 Å². The molecule has 0 amide bonds. The Morgan fingerprint density at radius 1 is 1.45 bits per heavy atom. The largest absolute Gasteiger partial charge is 0.472 e. The third kappa shape index (κ3) is 3.33. The lowest BCUT2D eigenvalue weighted by molar-refractivity contribution is 0.499. The minimum absolute atomic E-state index is 0.255. The van der Waals surface area contributed by atoms with Gasteiger partial charge in [-0.25, -0.2) is 0 Å². The molecule has 5 heteroatoms. The molecule has 0 aliphatic heterocycles. The number of hydrogen-bond acceptors (Lipinski definition) is 3. The first-order chi connectivity index (χ1) is 9.67. The fourth-order valence-electron chi connectivity index (χ4n) is 2.33. The van der Waals surface area contributed by atoms with E-state index < -0.39 is 0 Å². The smallest absolute Gasteiger partial charge is 0.0950 e. The molecule has 0 fully saturated rings. The second-order valence-electron chi connectivity index (χ2n) is 4.95. The second kappa shape index (κ2) is 7.09. The molecule has 0 aliphatic carbocycles. The van der Waals surface area contributed by atoms with Crippen molar-refractivity contribution in [3.8, 4) is 0 Å². The molecule has 1 unspecified atom stereocenters. The second-order valence-corrected chi connectivity index (χ2v) is 5.75. The fourth-order valence-corrected chi connectivity index (χ4v) is 3.11. The van der Waals surface area contributed by atoms with Gasteiger partial charge in [0, 0.05) is 25.1 Å². The monoisotopic (exact) mass is 339 g/mol. The third-order valence-corrected chi connectivity index (χ3v) is 4.40. The van der Waals surface area contributed by atoms with E-state index in [4.69, 9.17) is 4.42 Å². The van der Waals surface area contributed by atoms with Crippen LogP contribution in [-0.2, 0) is 19.9 Å². The maximum Gasteiger partial charge on any atom is 0.0950 e. The molecule has 0 spiro atoms. The van der Waals surface area contributed by atoms with E-state index in [0.29, 0.717) is 0 Å². The first-order valence-electron chi connectivity index (χ1n) is 7.13. The number of aryl methyl sites for hydroxylation is 2. The van der Waals surface area contributed by atoms with Crippen molar-refractivity contribution in [1.29, 1.82) is 0 Å². The van der Waals surface area contributed by atoms with Crippen LogP contribution in [0.3, 0.4) is 0 Å². The Hall–Kier alpha value is -1.07. The van der Waals surface area contributed by atoms with Crippen molar-refractivity contribution in [2.24, 2.45) is 7.05 Å². The lowest BCUT2D eigenvalue weighted by Crippen LogP contribution is -2.24. The molecule has 1 atom stereocenters. The third-order valence-electron chi connectivity index (χ3n) is 3.49. The van der Waals surface area contributed by atoms with Crippen LogP contribution in [0.5, 0.6) is 0 Å². The van der Waals surface area contributed by atoms with Gasteiger partial charge in [0.1, 0.15) is 0 Å². The predicted octanol–water partition coefficient (Wildman–Crippen LogP) is 3.62. The van der Waals surface area contributed by atoms with Gasteiger partial charge in [0.15, 0.2) is 0 Å². The van der Waals surface area contributed by atoms with Gasteiger partial charge >= 0.3 is 0 Å². The van der Waals surface area contributed by atoms with Crippen LogP contribution in [-0.4, -0.2) is 16.3 Å². The summed E-state index contributed by atoms with van der Waals surface area (Å²) in [5.74, 6) is 0. The van der Waals surface area contributed by atoms with E-state index in [0.717, 1.165) is 36.0 Å². The average molecular weight is 340 g/mol. The molecule has 1 N–H and O–H groups in total. The molecule has 2 rings (SSSR count). The Labute approximate surface area is 128 Å². The van der Waals surface area contributed by atoms with Gasteiger partial charge in [-0.15, -0.1) is 0 Å². The van der Waals surface area contributed by atoms with Crippen molar-refractivity contribution in [1.82, 2.24) is 15.1 Å². The zero-order valence-electron chi connectivity index (χ0n) is 12.3. The highest BCUT2D eigenvalue weighted by atomic mass is 79.9. The van der Waals surface area contributed by atoms with E-state index in [-0.39, 0.29) is 6.04 Å². The van der Waals surface area contributed by atoms with Gasteiger partial charge in [0.05, 0.1) is 28.4 Å². The normalized spacial score (nSPS) is 12.8. The summed E-state index contributed by atoms with van der Waals surface area (Å²) in [7, 11) is 2.01. The zero-order valence-corrected chi connectivity index (χ0v) is 13.9. The first kappa shape index (κ1) is 15.3. The maximum atomic E-state index is 5.23. The van der Waals surface area contributed by atoms with E-state index in [1.807, 2.05) is 24.1 Å². The molecule has 0 aromatic carbocycles. The van der Waals surface area contributed by atoms with Crippen molar-refractivity contribution in [2.45, 2.75) is 39.2 Å². The molecule has 2 aromatic rings. The van der Waals surface area contributed by atoms with Gasteiger partial charge in [-0.1, -0.05) is 13.8 Å². The van der Waals surface area contributed by atoms with Crippen LogP contribution in [0.15, 0.2) is 27.5 Å². The number of aromatic nitrogens is 2. The molecule has 4 nitrogen and oxygen atoms in total. The van der Waals surface area contributed by atoms with Gasteiger partial charge in [-0.2, -0.15) is 5.10 Å². The number of furan rings is 1. The van der Waals surface area contributed by atoms with Crippen LogP contribution in [0.4, 0.5) is 0 Å². The number of nitrogens with one attached hydrogen (secondary N) is 1. The van der Waals surface area contributed by atoms with E-state index in [1.54, 1.807) is 6.26 Å². The summed E-state index contributed by atoms with van der Waals surface area (Å²) in [5.41, 5.74) is 3.52. The Morgan fingerprint density at radius 3 is 2.80 bits per heavy atom. The van der Waals surface area contributed by atoms with Crippen molar-refractivity contribution < 1.29 is 4.42 Å².